The van der Waals surface area contributed by atoms with Crippen LogP contribution in [0.1, 0.15) is 116 Å². The first-order valence-corrected chi connectivity index (χ1v) is 31.3. The van der Waals surface area contributed by atoms with Crippen molar-refractivity contribution >= 4 is 114 Å². The molecule has 0 aromatic rings. The SMILES string of the molecule is CCC[C@H](NC(=O)[C@H](CCC(N)=O)NC(=O)[C@@H]1CCCN1C(=O)[C@@H]1CCCN1C(=O)[C@@H](N)CCC(=O)N[C@@H](CS)C(=O)NCC(=O)NCCCCNCCCNC(=O)CNC(=O)[C@@H](CS)NC(=O)CC[C@@H](N)C(=O)O)C(=O)N1CCC[C@@]1(O)C(=O)NCC(=O)O. The monoisotopic (exact) mass is 1310 g/mol. The number of carboxylic acids is 2. The summed E-state index contributed by atoms with van der Waals surface area (Å²) >= 11 is 8.21. The molecule has 0 unspecified atom stereocenters. The van der Waals surface area contributed by atoms with Crippen LogP contribution < -0.4 is 70.4 Å². The van der Waals surface area contributed by atoms with Gasteiger partial charge in [-0.05, 0) is 90.1 Å². The number of thiol groups is 2. The quantitative estimate of drug-likeness (QED) is 0.0200. The Labute approximate surface area is 531 Å². The molecule has 3 aliphatic heterocycles. The number of carboxylic acid groups (broad SMARTS) is 2. The van der Waals surface area contributed by atoms with E-state index in [1.54, 1.807) is 6.92 Å². The standard InChI is InChI=1S/C54H90N16O18S2/c1-2-9-34(50(83)70-25-7-18-54(70,88)53(87)63-28-44(76)77)67-47(80)33(14-15-39(57)71)66-48(81)37-10-5-23-68(37)51(84)38-11-6-24-69(38)49(82)31(55)12-16-40(72)64-35(29-89)45(78)61-26-42(74)59-21-4-3-19-58-20-8-22-60-43(75)27-62-46(79)36(30-90)65-41(73)17-13-32(56)52(85)86/h31-38,58,88-90H,2-30,55-56H2,1H3,(H2,57,71)(H,59,74)(H,60,75)(H,61,78)(H,62,79)(H,63,87)(H,64,72)(H,65,73)(H,66,81)(H,67,80)(H,76,77)(H,85,86)/t31-,32+,33-,34-,35-,36+,37-,38-,54+/m0/s1. The number of likely N-dealkylation sites (tertiary alicyclic amines) is 3. The molecule has 0 bridgehead atoms. The summed E-state index contributed by atoms with van der Waals surface area (Å²) in [6, 6.07) is -9.60. The topological polar surface area (TPSA) is 525 Å². The van der Waals surface area contributed by atoms with E-state index in [0.29, 0.717) is 64.7 Å². The number of hydrogen-bond donors (Lipinski definition) is 18. The molecule has 3 heterocycles. The lowest BCUT2D eigenvalue weighted by Crippen LogP contribution is -2.62. The second kappa shape index (κ2) is 39.7. The van der Waals surface area contributed by atoms with E-state index in [1.807, 2.05) is 0 Å². The third-order valence-corrected chi connectivity index (χ3v) is 15.7. The maximum atomic E-state index is 14.2. The molecule has 34 nitrogen and oxygen atoms in total. The third-order valence-electron chi connectivity index (χ3n) is 15.0. The van der Waals surface area contributed by atoms with E-state index < -0.39 is 156 Å². The molecule has 0 aromatic carbocycles. The lowest BCUT2D eigenvalue weighted by atomic mass is 10.0. The summed E-state index contributed by atoms with van der Waals surface area (Å²) in [5, 5.41) is 54.7. The van der Waals surface area contributed by atoms with Crippen molar-refractivity contribution in [2.75, 3.05) is 77.0 Å². The Morgan fingerprint density at radius 3 is 1.64 bits per heavy atom. The van der Waals surface area contributed by atoms with Crippen LogP contribution in [0.2, 0.25) is 0 Å². The second-order valence-corrected chi connectivity index (χ2v) is 22.7. The summed E-state index contributed by atoms with van der Waals surface area (Å²) in [6.07, 6.45) is 1.86. The van der Waals surface area contributed by atoms with Crippen LogP contribution in [0.5, 0.6) is 0 Å². The Balaban J connectivity index is 1.39. The highest BCUT2D eigenvalue weighted by Crippen LogP contribution is 2.29. The molecule has 0 saturated carbocycles. The van der Waals surface area contributed by atoms with Gasteiger partial charge in [0.2, 0.25) is 76.6 Å². The van der Waals surface area contributed by atoms with Crippen LogP contribution in [-0.4, -0.2) is 250 Å². The summed E-state index contributed by atoms with van der Waals surface area (Å²) < 4.78 is 0. The smallest absolute Gasteiger partial charge is 0.322 e. The van der Waals surface area contributed by atoms with Crippen molar-refractivity contribution in [3.8, 4) is 0 Å². The number of carbonyl (C=O) groups is 15. The summed E-state index contributed by atoms with van der Waals surface area (Å²) in [4.78, 5) is 195. The van der Waals surface area contributed by atoms with Crippen molar-refractivity contribution in [3.63, 3.8) is 0 Å². The first-order chi connectivity index (χ1) is 42.7. The lowest BCUT2D eigenvalue weighted by Gasteiger charge is -2.35. The van der Waals surface area contributed by atoms with E-state index in [2.05, 4.69) is 78.4 Å². The van der Waals surface area contributed by atoms with Gasteiger partial charge in [-0.2, -0.15) is 25.3 Å². The van der Waals surface area contributed by atoms with Gasteiger partial charge < -0.3 is 100 Å². The van der Waals surface area contributed by atoms with Gasteiger partial charge in [0.1, 0.15) is 48.8 Å². The lowest BCUT2D eigenvalue weighted by molar-refractivity contribution is -0.170. The maximum Gasteiger partial charge on any atom is 0.322 e. The van der Waals surface area contributed by atoms with Gasteiger partial charge in [-0.25, -0.2) is 0 Å². The minimum atomic E-state index is -2.40. The Morgan fingerprint density at radius 1 is 0.544 bits per heavy atom. The van der Waals surface area contributed by atoms with E-state index in [4.69, 9.17) is 27.4 Å². The zero-order valence-electron chi connectivity index (χ0n) is 50.6. The first-order valence-electron chi connectivity index (χ1n) is 30.1. The molecule has 3 fully saturated rings. The van der Waals surface area contributed by atoms with Crippen LogP contribution >= 0.6 is 25.3 Å². The van der Waals surface area contributed by atoms with Crippen LogP contribution in [0, 0.1) is 0 Å². The molecule has 13 amide bonds. The molecule has 506 valence electrons. The summed E-state index contributed by atoms with van der Waals surface area (Å²) in [7, 11) is 0. The minimum absolute atomic E-state index is 0.0193. The van der Waals surface area contributed by atoms with Crippen molar-refractivity contribution in [1.82, 2.24) is 67.9 Å². The molecule has 0 aliphatic carbocycles. The van der Waals surface area contributed by atoms with Gasteiger partial charge in [0.15, 0.2) is 0 Å². The molecule has 90 heavy (non-hydrogen) atoms. The molecule has 0 aromatic heterocycles. The number of nitrogens with two attached hydrogens (primary N) is 3. The van der Waals surface area contributed by atoms with Crippen molar-refractivity contribution in [1.29, 1.82) is 0 Å². The Morgan fingerprint density at radius 2 is 1.09 bits per heavy atom. The number of aliphatic hydroxyl groups is 1. The average Bonchev–Trinajstić information content (AvgIpc) is 1.65. The number of hydrogen-bond acceptors (Lipinski definition) is 21. The van der Waals surface area contributed by atoms with Crippen LogP contribution in [0.15, 0.2) is 0 Å². The Hall–Kier alpha value is -7.41. The van der Waals surface area contributed by atoms with E-state index in [0.717, 1.165) is 4.90 Å². The molecular formula is C54H90N16O18S2. The predicted octanol–water partition coefficient (Wildman–Crippen LogP) is -7.13. The number of primary amides is 1. The number of aliphatic carboxylic acids is 2. The van der Waals surface area contributed by atoms with Crippen molar-refractivity contribution in [3.05, 3.63) is 0 Å². The van der Waals surface area contributed by atoms with E-state index in [9.17, 15) is 77.0 Å². The van der Waals surface area contributed by atoms with Crippen molar-refractivity contribution in [2.24, 2.45) is 17.2 Å². The van der Waals surface area contributed by atoms with Crippen LogP contribution in [0.25, 0.3) is 0 Å². The summed E-state index contributed by atoms with van der Waals surface area (Å²) in [5.74, 6) is -12.0. The molecule has 0 radical (unpaired) electrons. The van der Waals surface area contributed by atoms with Crippen molar-refractivity contribution in [2.45, 2.75) is 170 Å². The van der Waals surface area contributed by atoms with Crippen LogP contribution in [0.4, 0.5) is 0 Å². The van der Waals surface area contributed by atoms with Crippen LogP contribution in [-0.2, 0) is 71.9 Å². The number of nitrogens with zero attached hydrogens (tertiary/aromatic N) is 3. The molecule has 36 heteroatoms. The highest BCUT2D eigenvalue weighted by atomic mass is 32.1. The molecule has 3 saturated heterocycles. The fraction of sp³-hybridized carbons (Fsp3) is 0.722. The van der Waals surface area contributed by atoms with Gasteiger partial charge in [-0.15, -0.1) is 0 Å². The van der Waals surface area contributed by atoms with Gasteiger partial charge in [0.05, 0.1) is 19.1 Å². The van der Waals surface area contributed by atoms with E-state index >= 15 is 0 Å². The molecule has 0 spiro atoms. The van der Waals surface area contributed by atoms with Crippen LogP contribution in [0.3, 0.4) is 0 Å². The number of unbranched alkanes of at least 4 members (excludes halogenated alkanes) is 1. The zero-order valence-corrected chi connectivity index (χ0v) is 52.3. The predicted molar refractivity (Wildman–Crippen MR) is 326 cm³/mol. The molecule has 19 N–H and O–H groups in total. The average molecular weight is 1320 g/mol. The molecule has 3 aliphatic rings. The number of nitrogens with one attached hydrogen (secondary N) is 10. The second-order valence-electron chi connectivity index (χ2n) is 22.0. The van der Waals surface area contributed by atoms with Gasteiger partial charge >= 0.3 is 11.9 Å². The Kier molecular flexibility index (Phi) is 33.9. The summed E-state index contributed by atoms with van der Waals surface area (Å²) in [5.41, 5.74) is 14.7. The van der Waals surface area contributed by atoms with E-state index in [-0.39, 0.29) is 108 Å². The molecule has 9 atom stereocenters. The van der Waals surface area contributed by atoms with Gasteiger partial charge in [0.25, 0.3) is 5.91 Å². The normalized spacial score (nSPS) is 18.9. The first kappa shape index (κ1) is 76.8. The van der Waals surface area contributed by atoms with Crippen molar-refractivity contribution < 1.29 is 87.2 Å². The molecule has 3 rings (SSSR count). The highest BCUT2D eigenvalue weighted by Gasteiger charge is 2.50. The van der Waals surface area contributed by atoms with Gasteiger partial charge in [-0.3, -0.25) is 71.9 Å². The minimum Gasteiger partial charge on any atom is -0.480 e. The third kappa shape index (κ3) is 25.5. The Bertz CT molecular complexity index is 2560. The van der Waals surface area contributed by atoms with Gasteiger partial charge in [0, 0.05) is 69.9 Å². The number of rotatable bonds is 41. The largest absolute Gasteiger partial charge is 0.480 e. The van der Waals surface area contributed by atoms with E-state index in [1.165, 1.54) is 9.80 Å². The summed E-state index contributed by atoms with van der Waals surface area (Å²) in [6.45, 7) is 2.10. The number of carbonyl (C=O) groups excluding carboxylic acids is 13. The fourth-order valence-corrected chi connectivity index (χ4v) is 10.6. The van der Waals surface area contributed by atoms with Gasteiger partial charge in [-0.1, -0.05) is 13.3 Å². The zero-order chi connectivity index (χ0) is 67.1. The number of amides is 13. The highest BCUT2D eigenvalue weighted by molar-refractivity contribution is 7.80. The molecular weight excluding hydrogens is 1220 g/mol. The fourth-order valence-electron chi connectivity index (χ4n) is 10.1. The maximum absolute atomic E-state index is 14.2.